The van der Waals surface area contributed by atoms with Gasteiger partial charge in [0.15, 0.2) is 0 Å². The Balaban J connectivity index is 1.65. The summed E-state index contributed by atoms with van der Waals surface area (Å²) in [5.41, 5.74) is 0. The molecule has 80 valence electrons. The lowest BCUT2D eigenvalue weighted by Gasteiger charge is -2.26. The molecule has 0 atom stereocenters. The van der Waals surface area contributed by atoms with Crippen molar-refractivity contribution < 1.29 is 9.53 Å². The van der Waals surface area contributed by atoms with Gasteiger partial charge in [-0.05, 0) is 31.6 Å². The Kier molecular flexibility index (Phi) is 3.44. The highest BCUT2D eigenvalue weighted by atomic mass is 16.5. The minimum Gasteiger partial charge on any atom is -0.465 e. The molecule has 0 amide bonds. The van der Waals surface area contributed by atoms with Gasteiger partial charge in [0.1, 0.15) is 0 Å². The predicted molar refractivity (Wildman–Crippen MR) is 54.9 cm³/mol. The summed E-state index contributed by atoms with van der Waals surface area (Å²) >= 11 is 0. The molecule has 2 heteroatoms. The van der Waals surface area contributed by atoms with Crippen LogP contribution in [-0.4, -0.2) is 12.6 Å². The van der Waals surface area contributed by atoms with Crippen LogP contribution in [0.4, 0.5) is 0 Å². The van der Waals surface area contributed by atoms with Crippen molar-refractivity contribution in [2.75, 3.05) is 6.61 Å². The average Bonchev–Trinajstić information content (AvgIpc) is 2.16. The van der Waals surface area contributed by atoms with Gasteiger partial charge in [-0.15, -0.1) is 0 Å². The second kappa shape index (κ2) is 4.81. The first-order valence-corrected chi connectivity index (χ1v) is 6.03. The van der Waals surface area contributed by atoms with Crippen LogP contribution in [0.3, 0.4) is 0 Å². The summed E-state index contributed by atoms with van der Waals surface area (Å²) in [4.78, 5) is 11.6. The molecule has 0 aliphatic heterocycles. The second-order valence-electron chi connectivity index (χ2n) is 4.76. The number of esters is 1. The summed E-state index contributed by atoms with van der Waals surface area (Å²) in [6, 6.07) is 0. The molecule has 2 fully saturated rings. The fourth-order valence-corrected chi connectivity index (χ4v) is 2.32. The van der Waals surface area contributed by atoms with Crippen LogP contribution in [0.15, 0.2) is 0 Å². The molecule has 0 heterocycles. The first kappa shape index (κ1) is 10.0. The molecule has 2 nitrogen and oxygen atoms in total. The molecule has 2 aliphatic carbocycles. The molecule has 0 radical (unpaired) electrons. The number of rotatable bonds is 3. The van der Waals surface area contributed by atoms with E-state index in [2.05, 4.69) is 0 Å². The normalized spacial score (nSPS) is 24.3. The molecule has 0 aromatic rings. The van der Waals surface area contributed by atoms with Crippen LogP contribution in [0.5, 0.6) is 0 Å². The Bertz CT molecular complexity index is 190. The number of ether oxygens (including phenoxy) is 1. The van der Waals surface area contributed by atoms with E-state index in [1.165, 1.54) is 38.5 Å². The van der Waals surface area contributed by atoms with Gasteiger partial charge < -0.3 is 4.74 Å². The molecular weight excluding hydrogens is 176 g/mol. The summed E-state index contributed by atoms with van der Waals surface area (Å²) in [5.74, 6) is 0.989. The number of hydrogen-bond donors (Lipinski definition) is 0. The standard InChI is InChI=1S/C12H20O2/c13-12(11-7-2-1-3-8-11)14-9-10-5-4-6-10/h10-11H,1-9H2. The number of hydrogen-bond acceptors (Lipinski definition) is 2. The van der Waals surface area contributed by atoms with Gasteiger partial charge in [-0.2, -0.15) is 0 Å². The van der Waals surface area contributed by atoms with E-state index in [0.29, 0.717) is 12.5 Å². The highest BCUT2D eigenvalue weighted by Gasteiger charge is 2.24. The van der Waals surface area contributed by atoms with Gasteiger partial charge in [-0.3, -0.25) is 4.79 Å². The molecule has 2 saturated carbocycles. The lowest BCUT2D eigenvalue weighted by molar-refractivity contribution is -0.151. The van der Waals surface area contributed by atoms with E-state index in [0.717, 1.165) is 12.8 Å². The van der Waals surface area contributed by atoms with Crippen molar-refractivity contribution in [2.24, 2.45) is 11.8 Å². The fourth-order valence-electron chi connectivity index (χ4n) is 2.32. The zero-order chi connectivity index (χ0) is 9.80. The Morgan fingerprint density at radius 3 is 2.29 bits per heavy atom. The molecule has 0 aromatic carbocycles. The van der Waals surface area contributed by atoms with Crippen LogP contribution in [0.2, 0.25) is 0 Å². The predicted octanol–water partition coefficient (Wildman–Crippen LogP) is 2.91. The van der Waals surface area contributed by atoms with Gasteiger partial charge in [-0.1, -0.05) is 25.7 Å². The zero-order valence-corrected chi connectivity index (χ0v) is 8.84. The largest absolute Gasteiger partial charge is 0.465 e. The van der Waals surface area contributed by atoms with E-state index < -0.39 is 0 Å². The van der Waals surface area contributed by atoms with E-state index in [4.69, 9.17) is 4.74 Å². The van der Waals surface area contributed by atoms with Gasteiger partial charge in [0, 0.05) is 0 Å². The van der Waals surface area contributed by atoms with Crippen molar-refractivity contribution in [3.63, 3.8) is 0 Å². The van der Waals surface area contributed by atoms with Crippen LogP contribution in [0, 0.1) is 11.8 Å². The molecule has 0 unspecified atom stereocenters. The van der Waals surface area contributed by atoms with Gasteiger partial charge in [0.25, 0.3) is 0 Å². The summed E-state index contributed by atoms with van der Waals surface area (Å²) in [6.45, 7) is 0.690. The minimum atomic E-state index is 0.0802. The third-order valence-corrected chi connectivity index (χ3v) is 3.62. The van der Waals surface area contributed by atoms with Crippen molar-refractivity contribution in [3.8, 4) is 0 Å². The molecule has 14 heavy (non-hydrogen) atoms. The van der Waals surface area contributed by atoms with Gasteiger partial charge >= 0.3 is 5.97 Å². The van der Waals surface area contributed by atoms with E-state index in [9.17, 15) is 4.79 Å². The lowest BCUT2D eigenvalue weighted by Crippen LogP contribution is -2.25. The first-order chi connectivity index (χ1) is 6.86. The third kappa shape index (κ3) is 2.49. The molecule has 0 aromatic heterocycles. The smallest absolute Gasteiger partial charge is 0.308 e. The Hall–Kier alpha value is -0.530. The molecule has 2 rings (SSSR count). The van der Waals surface area contributed by atoms with Gasteiger partial charge in [0.2, 0.25) is 0 Å². The number of carbonyl (C=O) groups is 1. The molecule has 0 spiro atoms. The average molecular weight is 196 g/mol. The maximum Gasteiger partial charge on any atom is 0.308 e. The summed E-state index contributed by atoms with van der Waals surface area (Å²) in [6.07, 6.45) is 9.69. The van der Waals surface area contributed by atoms with Crippen LogP contribution in [-0.2, 0) is 9.53 Å². The highest BCUT2D eigenvalue weighted by Crippen LogP contribution is 2.28. The maximum absolute atomic E-state index is 11.6. The van der Waals surface area contributed by atoms with E-state index in [-0.39, 0.29) is 11.9 Å². The highest BCUT2D eigenvalue weighted by molar-refractivity contribution is 5.72. The number of carbonyl (C=O) groups excluding carboxylic acids is 1. The lowest BCUT2D eigenvalue weighted by atomic mass is 9.86. The molecular formula is C12H20O2. The van der Waals surface area contributed by atoms with E-state index in [1.54, 1.807) is 0 Å². The van der Waals surface area contributed by atoms with Crippen LogP contribution in [0.25, 0.3) is 0 Å². The van der Waals surface area contributed by atoms with Crippen LogP contribution >= 0.6 is 0 Å². The Morgan fingerprint density at radius 1 is 1.00 bits per heavy atom. The summed E-state index contributed by atoms with van der Waals surface area (Å²) in [5, 5.41) is 0. The topological polar surface area (TPSA) is 26.3 Å². The van der Waals surface area contributed by atoms with Crippen molar-refractivity contribution in [1.29, 1.82) is 0 Å². The Morgan fingerprint density at radius 2 is 1.71 bits per heavy atom. The first-order valence-electron chi connectivity index (χ1n) is 6.03. The van der Waals surface area contributed by atoms with Crippen molar-refractivity contribution >= 4 is 5.97 Å². The third-order valence-electron chi connectivity index (χ3n) is 3.62. The molecule has 0 N–H and O–H groups in total. The second-order valence-corrected chi connectivity index (χ2v) is 4.76. The van der Waals surface area contributed by atoms with Gasteiger partial charge in [0.05, 0.1) is 12.5 Å². The quantitative estimate of drug-likeness (QED) is 0.649. The van der Waals surface area contributed by atoms with E-state index in [1.807, 2.05) is 0 Å². The van der Waals surface area contributed by atoms with E-state index >= 15 is 0 Å². The molecule has 0 bridgehead atoms. The molecule has 0 saturated heterocycles. The Labute approximate surface area is 86.0 Å². The van der Waals surface area contributed by atoms with Crippen molar-refractivity contribution in [1.82, 2.24) is 0 Å². The van der Waals surface area contributed by atoms with Crippen LogP contribution < -0.4 is 0 Å². The fraction of sp³-hybridized carbons (Fsp3) is 0.917. The molecule has 2 aliphatic rings. The minimum absolute atomic E-state index is 0.0802. The van der Waals surface area contributed by atoms with Crippen molar-refractivity contribution in [3.05, 3.63) is 0 Å². The monoisotopic (exact) mass is 196 g/mol. The SMILES string of the molecule is O=C(OCC1CCC1)C1CCCCC1. The maximum atomic E-state index is 11.6. The van der Waals surface area contributed by atoms with Crippen molar-refractivity contribution in [2.45, 2.75) is 51.4 Å². The van der Waals surface area contributed by atoms with Crippen LogP contribution in [0.1, 0.15) is 51.4 Å². The summed E-state index contributed by atoms with van der Waals surface area (Å²) < 4.78 is 5.35. The zero-order valence-electron chi connectivity index (χ0n) is 8.84. The van der Waals surface area contributed by atoms with Gasteiger partial charge in [-0.25, -0.2) is 0 Å². The summed E-state index contributed by atoms with van der Waals surface area (Å²) in [7, 11) is 0.